The van der Waals surface area contributed by atoms with Gasteiger partial charge in [-0.3, -0.25) is 10.1 Å². The van der Waals surface area contributed by atoms with Crippen LogP contribution in [0.2, 0.25) is 0 Å². The largest absolute Gasteiger partial charge is 0.445 e. The van der Waals surface area contributed by atoms with Crippen LogP contribution < -0.4 is 5.32 Å². The van der Waals surface area contributed by atoms with E-state index in [4.69, 9.17) is 4.74 Å². The molecular weight excluding hydrogens is 458 g/mol. The van der Waals surface area contributed by atoms with Crippen molar-refractivity contribution >= 4 is 22.7 Å². The summed E-state index contributed by atoms with van der Waals surface area (Å²) < 4.78 is 5.45. The Hall–Kier alpha value is -4.92. The van der Waals surface area contributed by atoms with Gasteiger partial charge in [-0.25, -0.2) is 9.78 Å². The van der Waals surface area contributed by atoms with Crippen molar-refractivity contribution in [3.8, 4) is 11.3 Å². The molecule has 3 aromatic carbocycles. The van der Waals surface area contributed by atoms with Gasteiger partial charge in [0, 0.05) is 41.2 Å². The first-order chi connectivity index (χ1) is 17.6. The van der Waals surface area contributed by atoms with Crippen LogP contribution in [0.1, 0.15) is 23.0 Å². The maximum absolute atomic E-state index is 12.7. The number of aromatic nitrogens is 3. The van der Waals surface area contributed by atoms with E-state index in [9.17, 15) is 14.9 Å². The van der Waals surface area contributed by atoms with E-state index in [1.807, 2.05) is 60.8 Å². The van der Waals surface area contributed by atoms with Gasteiger partial charge < -0.3 is 20.0 Å². The molecule has 0 aliphatic carbocycles. The number of carbonyl (C=O) groups is 1. The minimum absolute atomic E-state index is 0.0125. The number of nitrogens with one attached hydrogen (secondary N) is 3. The summed E-state index contributed by atoms with van der Waals surface area (Å²) in [4.78, 5) is 34.3. The van der Waals surface area contributed by atoms with Crippen molar-refractivity contribution in [1.29, 1.82) is 0 Å². The number of rotatable bonds is 8. The fourth-order valence-corrected chi connectivity index (χ4v) is 4.07. The zero-order valence-electron chi connectivity index (χ0n) is 19.2. The summed E-state index contributed by atoms with van der Waals surface area (Å²) in [7, 11) is 0. The van der Waals surface area contributed by atoms with Crippen LogP contribution in [-0.2, 0) is 17.8 Å². The van der Waals surface area contributed by atoms with E-state index in [2.05, 4.69) is 20.3 Å². The number of benzene rings is 3. The van der Waals surface area contributed by atoms with Gasteiger partial charge in [-0.1, -0.05) is 48.5 Å². The molecule has 0 unspecified atom stereocenters. The van der Waals surface area contributed by atoms with Gasteiger partial charge in [0.1, 0.15) is 12.4 Å². The van der Waals surface area contributed by atoms with Crippen LogP contribution in [0.3, 0.4) is 0 Å². The lowest BCUT2D eigenvalue weighted by Gasteiger charge is -2.17. The molecule has 5 rings (SSSR count). The van der Waals surface area contributed by atoms with Crippen molar-refractivity contribution < 1.29 is 14.5 Å². The molecule has 1 amide bonds. The highest BCUT2D eigenvalue weighted by Crippen LogP contribution is 2.26. The maximum Gasteiger partial charge on any atom is 0.408 e. The molecule has 9 nitrogen and oxygen atoms in total. The molecule has 0 bridgehead atoms. The Morgan fingerprint density at radius 1 is 1.03 bits per heavy atom. The number of imidazole rings is 1. The Balaban J connectivity index is 1.38. The number of hydrogen-bond acceptors (Lipinski definition) is 5. The van der Waals surface area contributed by atoms with Crippen LogP contribution >= 0.6 is 0 Å². The SMILES string of the molecule is O=C(N[C@H](Cc1c[nH]c2ccccc12)c1ncc(-c2ccc([N+](=O)[O-])cc2)[nH]1)OCc1ccccc1. The number of hydrogen-bond donors (Lipinski definition) is 3. The van der Waals surface area contributed by atoms with Gasteiger partial charge in [-0.15, -0.1) is 0 Å². The number of aromatic amines is 2. The predicted molar refractivity (Wildman–Crippen MR) is 135 cm³/mol. The molecule has 0 aliphatic rings. The van der Waals surface area contributed by atoms with Gasteiger partial charge >= 0.3 is 6.09 Å². The van der Waals surface area contributed by atoms with Crippen molar-refractivity contribution in [1.82, 2.24) is 20.3 Å². The average Bonchev–Trinajstić information content (AvgIpc) is 3.56. The number of ether oxygens (including phenoxy) is 1. The summed E-state index contributed by atoms with van der Waals surface area (Å²) in [5.74, 6) is 0.547. The molecule has 0 saturated carbocycles. The van der Waals surface area contributed by atoms with Gasteiger partial charge in [0.15, 0.2) is 0 Å². The van der Waals surface area contributed by atoms with Gasteiger partial charge in [0.25, 0.3) is 5.69 Å². The van der Waals surface area contributed by atoms with E-state index in [1.54, 1.807) is 18.3 Å². The van der Waals surface area contributed by atoms with Crippen molar-refractivity contribution in [2.24, 2.45) is 0 Å². The Bertz CT molecular complexity index is 1490. The third-order valence-corrected chi connectivity index (χ3v) is 5.92. The van der Waals surface area contributed by atoms with E-state index in [1.165, 1.54) is 12.1 Å². The van der Waals surface area contributed by atoms with Gasteiger partial charge in [0.05, 0.1) is 22.9 Å². The number of nitrogens with zero attached hydrogens (tertiary/aromatic N) is 2. The number of nitro benzene ring substituents is 1. The zero-order chi connectivity index (χ0) is 24.9. The van der Waals surface area contributed by atoms with Crippen molar-refractivity contribution in [2.45, 2.75) is 19.1 Å². The summed E-state index contributed by atoms with van der Waals surface area (Å²) in [5, 5.41) is 15.0. The second-order valence-electron chi connectivity index (χ2n) is 8.31. The van der Waals surface area contributed by atoms with Gasteiger partial charge in [-0.2, -0.15) is 0 Å². The molecule has 2 heterocycles. The Morgan fingerprint density at radius 3 is 2.56 bits per heavy atom. The lowest BCUT2D eigenvalue weighted by molar-refractivity contribution is -0.384. The van der Waals surface area contributed by atoms with E-state index in [-0.39, 0.29) is 12.3 Å². The lowest BCUT2D eigenvalue weighted by Crippen LogP contribution is -2.31. The first kappa shape index (κ1) is 22.9. The predicted octanol–water partition coefficient (Wildman–Crippen LogP) is 5.68. The van der Waals surface area contributed by atoms with Crippen LogP contribution in [0.25, 0.3) is 22.2 Å². The third kappa shape index (κ3) is 5.10. The Morgan fingerprint density at radius 2 is 1.78 bits per heavy atom. The Labute approximate surface area is 206 Å². The molecule has 5 aromatic rings. The van der Waals surface area contributed by atoms with Gasteiger partial charge in [0.2, 0.25) is 0 Å². The summed E-state index contributed by atoms with van der Waals surface area (Å²) >= 11 is 0. The summed E-state index contributed by atoms with van der Waals surface area (Å²) in [6, 6.07) is 23.1. The van der Waals surface area contributed by atoms with E-state index < -0.39 is 17.1 Å². The molecule has 180 valence electrons. The summed E-state index contributed by atoms with van der Waals surface area (Å²) in [6.07, 6.45) is 3.49. The second kappa shape index (κ2) is 10.1. The molecule has 2 aromatic heterocycles. The van der Waals surface area contributed by atoms with Crippen LogP contribution in [0.5, 0.6) is 0 Å². The smallest absolute Gasteiger partial charge is 0.408 e. The first-order valence-corrected chi connectivity index (χ1v) is 11.4. The van der Waals surface area contributed by atoms with Crippen molar-refractivity contribution in [3.63, 3.8) is 0 Å². The number of nitro groups is 1. The highest BCUT2D eigenvalue weighted by molar-refractivity contribution is 5.83. The zero-order valence-corrected chi connectivity index (χ0v) is 19.2. The minimum atomic E-state index is -0.558. The maximum atomic E-state index is 12.7. The fraction of sp³-hybridized carbons (Fsp3) is 0.111. The van der Waals surface area contributed by atoms with Crippen LogP contribution in [0, 0.1) is 10.1 Å². The van der Waals surface area contributed by atoms with Crippen LogP contribution in [0.4, 0.5) is 10.5 Å². The fourth-order valence-electron chi connectivity index (χ4n) is 4.07. The molecule has 0 saturated heterocycles. The topological polar surface area (TPSA) is 126 Å². The number of H-pyrrole nitrogens is 2. The number of carbonyl (C=O) groups excluding carboxylic acids is 1. The lowest BCUT2D eigenvalue weighted by atomic mass is 10.0. The number of amides is 1. The van der Waals surface area contributed by atoms with Crippen molar-refractivity contribution in [3.05, 3.63) is 118 Å². The number of non-ortho nitro benzene ring substituents is 1. The standard InChI is InChI=1S/C27H23N5O4/c33-27(36-17-18-6-2-1-3-7-18)31-24(14-20-15-28-23-9-5-4-8-22(20)23)26-29-16-25(30-26)19-10-12-21(13-11-19)32(34)35/h1-13,15-16,24,28H,14,17H2,(H,29,30)(H,31,33)/t24-/m1/s1. The molecule has 0 fully saturated rings. The third-order valence-electron chi connectivity index (χ3n) is 5.92. The molecule has 0 aliphatic heterocycles. The van der Waals surface area contributed by atoms with Crippen molar-refractivity contribution in [2.75, 3.05) is 0 Å². The summed E-state index contributed by atoms with van der Waals surface area (Å²) in [6.45, 7) is 0.151. The highest BCUT2D eigenvalue weighted by atomic mass is 16.6. The molecule has 1 atom stereocenters. The van der Waals surface area contributed by atoms with Crippen LogP contribution in [-0.4, -0.2) is 26.0 Å². The normalized spacial score (nSPS) is 11.8. The second-order valence-corrected chi connectivity index (χ2v) is 8.31. The van der Waals surface area contributed by atoms with Gasteiger partial charge in [-0.05, 0) is 29.3 Å². The molecule has 0 radical (unpaired) electrons. The minimum Gasteiger partial charge on any atom is -0.445 e. The van der Waals surface area contributed by atoms with Crippen LogP contribution in [0.15, 0.2) is 91.3 Å². The van der Waals surface area contributed by atoms with E-state index in [0.717, 1.165) is 27.6 Å². The molecule has 9 heteroatoms. The molecule has 0 spiro atoms. The number of alkyl carbamates (subject to hydrolysis) is 1. The summed E-state index contributed by atoms with van der Waals surface area (Å²) in [5.41, 5.74) is 4.36. The number of para-hydroxylation sites is 1. The first-order valence-electron chi connectivity index (χ1n) is 11.4. The Kier molecular flexibility index (Phi) is 6.44. The molecule has 3 N–H and O–H groups in total. The quantitative estimate of drug-likeness (QED) is 0.194. The number of fused-ring (bicyclic) bond motifs is 1. The highest BCUT2D eigenvalue weighted by Gasteiger charge is 2.21. The van der Waals surface area contributed by atoms with E-state index in [0.29, 0.717) is 17.9 Å². The average molecular weight is 482 g/mol. The monoisotopic (exact) mass is 481 g/mol. The molecular formula is C27H23N5O4. The van der Waals surface area contributed by atoms with E-state index >= 15 is 0 Å². The molecule has 36 heavy (non-hydrogen) atoms.